The van der Waals surface area contributed by atoms with Crippen LogP contribution in [0.5, 0.6) is 0 Å². The molecule has 11 heteroatoms. The zero-order valence-corrected chi connectivity index (χ0v) is 19.6. The predicted octanol–water partition coefficient (Wildman–Crippen LogP) is 0.659. The first-order valence-electron chi connectivity index (χ1n) is 10.9. The number of benzene rings is 1. The van der Waals surface area contributed by atoms with Crippen molar-refractivity contribution in [3.63, 3.8) is 0 Å². The number of rotatable bonds is 3. The first-order valence-corrected chi connectivity index (χ1v) is 15.9. The summed E-state index contributed by atoms with van der Waals surface area (Å²) in [6.45, 7) is 0. The summed E-state index contributed by atoms with van der Waals surface area (Å²) in [5, 5.41) is 3.13. The quantitative estimate of drug-likeness (QED) is 0.664. The van der Waals surface area contributed by atoms with Crippen LogP contribution < -0.4 is 5.32 Å². The average molecular weight is 489 g/mol. The normalized spacial score (nSPS) is 35.5. The third-order valence-corrected chi connectivity index (χ3v) is 12.7. The molecule has 0 bridgehead atoms. The van der Waals surface area contributed by atoms with Gasteiger partial charge in [0, 0.05) is 12.1 Å². The number of fused-ring (bicyclic) bond motifs is 2. The lowest BCUT2D eigenvalue weighted by Gasteiger charge is -2.43. The summed E-state index contributed by atoms with van der Waals surface area (Å²) >= 11 is 0. The number of hydrogen-bond donors (Lipinski definition) is 1. The number of piperazine rings is 1. The molecule has 0 spiro atoms. The molecule has 1 N–H and O–H groups in total. The van der Waals surface area contributed by atoms with Crippen molar-refractivity contribution >= 4 is 29.7 Å². The summed E-state index contributed by atoms with van der Waals surface area (Å²) in [6, 6.07) is 4.15. The van der Waals surface area contributed by atoms with E-state index in [9.17, 15) is 25.3 Å². The molecule has 3 heterocycles. The van der Waals surface area contributed by atoms with E-state index in [1.165, 1.54) is 23.6 Å². The van der Waals surface area contributed by atoms with Gasteiger partial charge in [-0.05, 0) is 36.5 Å². The van der Waals surface area contributed by atoms with E-state index in [2.05, 4.69) is 5.32 Å². The molecule has 31 heavy (non-hydrogen) atoms. The first-order chi connectivity index (χ1) is 14.6. The fourth-order valence-corrected chi connectivity index (χ4v) is 11.7. The lowest BCUT2D eigenvalue weighted by atomic mass is 9.84. The van der Waals surface area contributed by atoms with Crippen molar-refractivity contribution < 1.29 is 25.3 Å². The molecular weight excluding hydrogens is 460 g/mol. The Morgan fingerprint density at radius 2 is 1.29 bits per heavy atom. The molecular formula is C20H28N2O6S3. The van der Waals surface area contributed by atoms with E-state index in [0.29, 0.717) is 5.92 Å². The van der Waals surface area contributed by atoms with Gasteiger partial charge in [-0.1, -0.05) is 31.4 Å². The highest BCUT2D eigenvalue weighted by atomic mass is 32.2. The van der Waals surface area contributed by atoms with Crippen LogP contribution in [0.3, 0.4) is 0 Å². The maximum atomic E-state index is 13.7. The second-order valence-electron chi connectivity index (χ2n) is 9.41. The fourth-order valence-electron chi connectivity index (χ4n) is 5.83. The number of sulfone groups is 2. The van der Waals surface area contributed by atoms with E-state index in [0.717, 1.165) is 18.4 Å². The van der Waals surface area contributed by atoms with Crippen LogP contribution in [-0.2, 0) is 29.7 Å². The van der Waals surface area contributed by atoms with Crippen LogP contribution in [0.4, 0.5) is 0 Å². The minimum absolute atomic E-state index is 0.0973. The first kappa shape index (κ1) is 21.8. The Morgan fingerprint density at radius 3 is 1.81 bits per heavy atom. The predicted molar refractivity (Wildman–Crippen MR) is 117 cm³/mol. The highest BCUT2D eigenvalue weighted by Crippen LogP contribution is 2.37. The molecule has 3 aliphatic heterocycles. The van der Waals surface area contributed by atoms with Gasteiger partial charge in [0.2, 0.25) is 10.0 Å². The van der Waals surface area contributed by atoms with Crippen molar-refractivity contribution in [2.24, 2.45) is 0 Å². The van der Waals surface area contributed by atoms with Crippen LogP contribution in [-0.4, -0.2) is 76.7 Å². The van der Waals surface area contributed by atoms with Gasteiger partial charge in [0.05, 0.1) is 40.0 Å². The Bertz CT molecular complexity index is 1120. The lowest BCUT2D eigenvalue weighted by Crippen LogP contribution is -2.67. The monoisotopic (exact) mass is 488 g/mol. The van der Waals surface area contributed by atoms with E-state index >= 15 is 0 Å². The zero-order chi connectivity index (χ0) is 22.0. The Kier molecular flexibility index (Phi) is 5.29. The van der Waals surface area contributed by atoms with Gasteiger partial charge in [-0.2, -0.15) is 4.31 Å². The summed E-state index contributed by atoms with van der Waals surface area (Å²) in [5.41, 5.74) is 1.13. The van der Waals surface area contributed by atoms with Gasteiger partial charge in [0.25, 0.3) is 0 Å². The molecule has 8 nitrogen and oxygen atoms in total. The van der Waals surface area contributed by atoms with Gasteiger partial charge < -0.3 is 5.32 Å². The summed E-state index contributed by atoms with van der Waals surface area (Å²) in [6.07, 6.45) is 5.81. The van der Waals surface area contributed by atoms with Crippen LogP contribution >= 0.6 is 0 Å². The van der Waals surface area contributed by atoms with Gasteiger partial charge in [0.1, 0.15) is 0 Å². The summed E-state index contributed by atoms with van der Waals surface area (Å²) in [4.78, 5) is 0.0973. The van der Waals surface area contributed by atoms with Gasteiger partial charge in [-0.25, -0.2) is 25.3 Å². The van der Waals surface area contributed by atoms with Crippen molar-refractivity contribution in [2.45, 2.75) is 67.1 Å². The summed E-state index contributed by atoms with van der Waals surface area (Å²) < 4.78 is 77.8. The minimum Gasteiger partial charge on any atom is -0.306 e. The number of nitrogens with zero attached hydrogens (tertiary/aromatic N) is 1. The van der Waals surface area contributed by atoms with Gasteiger partial charge in [-0.15, -0.1) is 0 Å². The molecule has 0 radical (unpaired) electrons. The molecule has 0 aromatic heterocycles. The molecule has 1 aromatic rings. The highest BCUT2D eigenvalue weighted by molar-refractivity contribution is 7.92. The SMILES string of the molecule is O=S1(=O)C[C@@H]2N[C@@H]3CS(=O)(=O)C[C@@H]3N(S(=O)(=O)c3ccc(C4CCCCC4)cc3)[C@@H]2C1. The lowest BCUT2D eigenvalue weighted by molar-refractivity contribution is 0.160. The molecule has 4 fully saturated rings. The smallest absolute Gasteiger partial charge is 0.243 e. The third-order valence-electron chi connectivity index (χ3n) is 7.26. The van der Waals surface area contributed by atoms with Gasteiger partial charge in [-0.3, -0.25) is 0 Å². The van der Waals surface area contributed by atoms with Crippen LogP contribution in [0, 0.1) is 0 Å². The minimum atomic E-state index is -4.05. The van der Waals surface area contributed by atoms with Crippen molar-refractivity contribution in [3.05, 3.63) is 29.8 Å². The molecule has 3 saturated heterocycles. The average Bonchev–Trinajstić information content (AvgIpc) is 3.18. The second kappa shape index (κ2) is 7.51. The number of nitrogens with one attached hydrogen (secondary N) is 1. The van der Waals surface area contributed by atoms with E-state index in [4.69, 9.17) is 0 Å². The Hall–Kier alpha value is -1.01. The summed E-state index contributed by atoms with van der Waals surface area (Å²) in [7, 11) is -10.9. The second-order valence-corrected chi connectivity index (χ2v) is 15.6. The standard InChI is InChI=1S/C20H28N2O6S3/c23-29(24)10-17-19(12-29)22(20-13-30(25,26)11-18(20)21-17)31(27,28)16-8-6-15(7-9-16)14-4-2-1-3-5-14/h6-9,14,17-21H,1-5,10-13H2/t17-,18+,19+,20-. The molecule has 4 atom stereocenters. The molecule has 1 aliphatic carbocycles. The van der Waals surface area contributed by atoms with Crippen LogP contribution in [0.2, 0.25) is 0 Å². The number of sulfonamides is 1. The zero-order valence-electron chi connectivity index (χ0n) is 17.2. The van der Waals surface area contributed by atoms with Crippen molar-refractivity contribution in [1.29, 1.82) is 0 Å². The Morgan fingerprint density at radius 1 is 0.774 bits per heavy atom. The molecule has 5 rings (SSSR count). The highest BCUT2D eigenvalue weighted by Gasteiger charge is 2.57. The van der Waals surface area contributed by atoms with Gasteiger partial charge >= 0.3 is 0 Å². The van der Waals surface area contributed by atoms with E-state index in [1.807, 2.05) is 12.1 Å². The number of hydrogen-bond acceptors (Lipinski definition) is 7. The molecule has 1 saturated carbocycles. The fraction of sp³-hybridized carbons (Fsp3) is 0.700. The van der Waals surface area contributed by atoms with Crippen LogP contribution in [0.1, 0.15) is 43.6 Å². The van der Waals surface area contributed by atoms with E-state index in [-0.39, 0.29) is 27.9 Å². The maximum absolute atomic E-state index is 13.7. The van der Waals surface area contributed by atoms with Crippen molar-refractivity contribution in [1.82, 2.24) is 9.62 Å². The largest absolute Gasteiger partial charge is 0.306 e. The molecule has 4 aliphatic rings. The Labute approximate surface area is 184 Å². The summed E-state index contributed by atoms with van der Waals surface area (Å²) in [5.74, 6) is -0.472. The van der Waals surface area contributed by atoms with Crippen molar-refractivity contribution in [2.75, 3.05) is 23.0 Å². The van der Waals surface area contributed by atoms with Crippen molar-refractivity contribution in [3.8, 4) is 0 Å². The molecule has 0 amide bonds. The van der Waals surface area contributed by atoms with Crippen LogP contribution in [0.15, 0.2) is 29.2 Å². The van der Waals surface area contributed by atoms with E-state index < -0.39 is 53.9 Å². The topological polar surface area (TPSA) is 118 Å². The van der Waals surface area contributed by atoms with E-state index in [1.54, 1.807) is 12.1 Å². The maximum Gasteiger partial charge on any atom is 0.243 e. The molecule has 1 aromatic carbocycles. The van der Waals surface area contributed by atoms with Crippen LogP contribution in [0.25, 0.3) is 0 Å². The molecule has 172 valence electrons. The third kappa shape index (κ3) is 3.96. The molecule has 0 unspecified atom stereocenters. The van der Waals surface area contributed by atoms with Gasteiger partial charge in [0.15, 0.2) is 19.7 Å². The Balaban J connectivity index is 1.50.